The van der Waals surface area contributed by atoms with Gasteiger partial charge in [-0.05, 0) is 70.7 Å². The number of hydrogen-bond acceptors (Lipinski definition) is 1. The summed E-state index contributed by atoms with van der Waals surface area (Å²) in [4.78, 5) is 4.64. The zero-order valence-corrected chi connectivity index (χ0v) is 15.1. The number of allylic oxidation sites excluding steroid dienone is 4. The van der Waals surface area contributed by atoms with E-state index in [2.05, 4.69) is 83.9 Å². The molecule has 0 atom stereocenters. The maximum atomic E-state index is 4.64. The van der Waals surface area contributed by atoms with Gasteiger partial charge in [0.25, 0.3) is 0 Å². The molecule has 1 aliphatic carbocycles. The summed E-state index contributed by atoms with van der Waals surface area (Å²) in [5, 5.41) is 0. The van der Waals surface area contributed by atoms with Crippen molar-refractivity contribution in [2.75, 3.05) is 0 Å². The Morgan fingerprint density at radius 3 is 2.05 bits per heavy atom. The lowest BCUT2D eigenvalue weighted by atomic mass is 9.85. The van der Waals surface area contributed by atoms with Crippen LogP contribution in [0.25, 0.3) is 0 Å². The first-order valence-electron chi connectivity index (χ1n) is 8.19. The molecular formula is C21H29N. The van der Waals surface area contributed by atoms with Crippen molar-refractivity contribution in [1.29, 1.82) is 0 Å². The van der Waals surface area contributed by atoms with Crippen molar-refractivity contribution in [3.63, 3.8) is 0 Å². The normalized spacial score (nSPS) is 17.2. The number of benzene rings is 1. The van der Waals surface area contributed by atoms with Crippen molar-refractivity contribution in [2.24, 2.45) is 4.99 Å². The summed E-state index contributed by atoms with van der Waals surface area (Å²) in [6, 6.07) is 8.82. The van der Waals surface area contributed by atoms with Gasteiger partial charge in [-0.3, -0.25) is 4.99 Å². The highest BCUT2D eigenvalue weighted by molar-refractivity contribution is 5.64. The van der Waals surface area contributed by atoms with Gasteiger partial charge in [-0.1, -0.05) is 35.4 Å². The fourth-order valence-electron chi connectivity index (χ4n) is 3.24. The molecule has 0 heterocycles. The van der Waals surface area contributed by atoms with E-state index in [0.717, 1.165) is 6.42 Å². The highest BCUT2D eigenvalue weighted by Gasteiger charge is 2.27. The van der Waals surface area contributed by atoms with Crippen LogP contribution in [0.5, 0.6) is 0 Å². The van der Waals surface area contributed by atoms with E-state index in [-0.39, 0.29) is 5.54 Å². The van der Waals surface area contributed by atoms with Crippen LogP contribution in [0.1, 0.15) is 65.5 Å². The van der Waals surface area contributed by atoms with Gasteiger partial charge in [0.2, 0.25) is 0 Å². The van der Waals surface area contributed by atoms with Crippen molar-refractivity contribution < 1.29 is 0 Å². The molecule has 1 heteroatoms. The minimum absolute atomic E-state index is 0.00111. The fraction of sp³-hybridized carbons (Fsp3) is 0.476. The minimum atomic E-state index is 0.00111. The third-order valence-corrected chi connectivity index (χ3v) is 4.77. The van der Waals surface area contributed by atoms with Gasteiger partial charge in [0, 0.05) is 18.6 Å². The standard InChI is InChI=1S/C21H29N/c1-14-15(2)17(4)20(16(14)3)19-11-9-8-10-18(19)12-13-22-21(5,6)7/h8-11,13,20H,12H2,1-7H3. The third kappa shape index (κ3) is 3.40. The molecule has 118 valence electrons. The molecule has 0 aromatic heterocycles. The van der Waals surface area contributed by atoms with Crippen LogP contribution in [0.3, 0.4) is 0 Å². The van der Waals surface area contributed by atoms with Gasteiger partial charge in [0.15, 0.2) is 0 Å². The molecule has 0 saturated heterocycles. The van der Waals surface area contributed by atoms with E-state index in [9.17, 15) is 0 Å². The lowest BCUT2D eigenvalue weighted by Gasteiger charge is -2.19. The monoisotopic (exact) mass is 295 g/mol. The van der Waals surface area contributed by atoms with E-state index in [4.69, 9.17) is 0 Å². The molecule has 0 unspecified atom stereocenters. The van der Waals surface area contributed by atoms with Gasteiger partial charge >= 0.3 is 0 Å². The molecule has 0 spiro atoms. The Hall–Kier alpha value is -1.63. The Balaban J connectivity index is 2.36. The SMILES string of the molecule is CC1=C(C)C(c2ccccc2CC=NC(C)(C)C)C(C)=C1C. The Labute approximate surface area is 135 Å². The van der Waals surface area contributed by atoms with Crippen LogP contribution >= 0.6 is 0 Å². The molecule has 22 heavy (non-hydrogen) atoms. The van der Waals surface area contributed by atoms with Crippen molar-refractivity contribution in [3.8, 4) is 0 Å². The molecule has 0 saturated carbocycles. The van der Waals surface area contributed by atoms with Gasteiger partial charge in [0.1, 0.15) is 0 Å². The Bertz CT molecular complexity index is 627. The smallest absolute Gasteiger partial charge is 0.0520 e. The van der Waals surface area contributed by atoms with Crippen LogP contribution in [-0.4, -0.2) is 11.8 Å². The predicted molar refractivity (Wildman–Crippen MR) is 97.9 cm³/mol. The molecule has 2 rings (SSSR count). The molecule has 0 aliphatic heterocycles. The maximum Gasteiger partial charge on any atom is 0.0520 e. The Morgan fingerprint density at radius 2 is 1.50 bits per heavy atom. The lowest BCUT2D eigenvalue weighted by molar-refractivity contribution is 0.585. The molecule has 0 amide bonds. The minimum Gasteiger partial charge on any atom is -0.291 e. The van der Waals surface area contributed by atoms with Crippen LogP contribution in [0.4, 0.5) is 0 Å². The van der Waals surface area contributed by atoms with E-state index < -0.39 is 0 Å². The van der Waals surface area contributed by atoms with Gasteiger partial charge in [0.05, 0.1) is 5.54 Å². The number of rotatable bonds is 3. The fourth-order valence-corrected chi connectivity index (χ4v) is 3.24. The molecule has 0 radical (unpaired) electrons. The van der Waals surface area contributed by atoms with E-state index >= 15 is 0 Å². The summed E-state index contributed by atoms with van der Waals surface area (Å²) in [5.41, 5.74) is 8.74. The average Bonchev–Trinajstić information content (AvgIpc) is 2.63. The van der Waals surface area contributed by atoms with E-state index in [1.54, 1.807) is 0 Å². The first-order chi connectivity index (χ1) is 10.2. The van der Waals surface area contributed by atoms with Crippen LogP contribution in [-0.2, 0) is 6.42 Å². The van der Waals surface area contributed by atoms with Crippen LogP contribution < -0.4 is 0 Å². The number of hydrogen-bond donors (Lipinski definition) is 0. The largest absolute Gasteiger partial charge is 0.291 e. The van der Waals surface area contributed by atoms with Gasteiger partial charge in [-0.25, -0.2) is 0 Å². The Morgan fingerprint density at radius 1 is 0.955 bits per heavy atom. The van der Waals surface area contributed by atoms with Crippen molar-refractivity contribution >= 4 is 6.21 Å². The lowest BCUT2D eigenvalue weighted by Crippen LogP contribution is -2.10. The molecule has 1 nitrogen and oxygen atoms in total. The van der Waals surface area contributed by atoms with E-state index in [1.165, 1.54) is 33.4 Å². The second kappa shape index (κ2) is 6.24. The average molecular weight is 295 g/mol. The van der Waals surface area contributed by atoms with E-state index in [1.807, 2.05) is 0 Å². The third-order valence-electron chi connectivity index (χ3n) is 4.77. The predicted octanol–water partition coefficient (Wildman–Crippen LogP) is 5.87. The number of nitrogens with zero attached hydrogens (tertiary/aromatic N) is 1. The van der Waals surface area contributed by atoms with E-state index in [0.29, 0.717) is 5.92 Å². The van der Waals surface area contributed by atoms with Gasteiger partial charge < -0.3 is 0 Å². The Kier molecular flexibility index (Phi) is 4.75. The molecule has 1 aromatic rings. The summed E-state index contributed by atoms with van der Waals surface area (Å²) in [7, 11) is 0. The molecule has 1 aliphatic rings. The highest BCUT2D eigenvalue weighted by Crippen LogP contribution is 2.44. The second-order valence-corrected chi connectivity index (χ2v) is 7.43. The summed E-state index contributed by atoms with van der Waals surface area (Å²) in [6.45, 7) is 15.5. The second-order valence-electron chi connectivity index (χ2n) is 7.43. The van der Waals surface area contributed by atoms with Crippen LogP contribution in [0, 0.1) is 0 Å². The van der Waals surface area contributed by atoms with Crippen molar-refractivity contribution in [2.45, 2.75) is 66.3 Å². The maximum absolute atomic E-state index is 4.64. The van der Waals surface area contributed by atoms with Crippen molar-refractivity contribution in [3.05, 3.63) is 57.7 Å². The molecule has 0 N–H and O–H groups in total. The van der Waals surface area contributed by atoms with Crippen LogP contribution in [0.15, 0.2) is 51.6 Å². The highest BCUT2D eigenvalue weighted by atomic mass is 14.8. The zero-order chi connectivity index (χ0) is 16.5. The van der Waals surface area contributed by atoms with Crippen molar-refractivity contribution in [1.82, 2.24) is 0 Å². The topological polar surface area (TPSA) is 12.4 Å². The van der Waals surface area contributed by atoms with Crippen LogP contribution in [0.2, 0.25) is 0 Å². The van der Waals surface area contributed by atoms with Gasteiger partial charge in [-0.15, -0.1) is 0 Å². The first-order valence-corrected chi connectivity index (χ1v) is 8.19. The van der Waals surface area contributed by atoms with Gasteiger partial charge in [-0.2, -0.15) is 0 Å². The number of aliphatic imine (C=N–C) groups is 1. The molecular weight excluding hydrogens is 266 g/mol. The summed E-state index contributed by atoms with van der Waals surface area (Å²) in [5.74, 6) is 0.444. The first kappa shape index (κ1) is 16.7. The molecule has 1 aromatic carbocycles. The zero-order valence-electron chi connectivity index (χ0n) is 15.1. The molecule has 0 bridgehead atoms. The summed E-state index contributed by atoms with van der Waals surface area (Å²) in [6.07, 6.45) is 2.98. The molecule has 0 fully saturated rings. The summed E-state index contributed by atoms with van der Waals surface area (Å²) >= 11 is 0. The quantitative estimate of drug-likeness (QED) is 0.618. The summed E-state index contributed by atoms with van der Waals surface area (Å²) < 4.78 is 0.